The van der Waals surface area contributed by atoms with Gasteiger partial charge in [0.25, 0.3) is 0 Å². The standard InChI is InChI=1S/C17H25N/c1-5-14(2)13-15(3)11-12-16(4)18-17-9-7-6-8-10-17/h6-11,14,18H,4-5,12-13H2,1-3H3/b15-11-. The minimum absolute atomic E-state index is 0.775. The zero-order chi connectivity index (χ0) is 13.4. The van der Waals surface area contributed by atoms with Gasteiger partial charge < -0.3 is 5.32 Å². The van der Waals surface area contributed by atoms with E-state index in [9.17, 15) is 0 Å². The van der Waals surface area contributed by atoms with Gasteiger partial charge in [0.2, 0.25) is 0 Å². The molecular formula is C17H25N. The van der Waals surface area contributed by atoms with Crippen LogP contribution in [0.25, 0.3) is 0 Å². The number of benzene rings is 1. The number of allylic oxidation sites excluding steroid dienone is 2. The van der Waals surface area contributed by atoms with Crippen molar-refractivity contribution in [1.82, 2.24) is 0 Å². The summed E-state index contributed by atoms with van der Waals surface area (Å²) in [6, 6.07) is 10.2. The number of anilines is 1. The first kappa shape index (κ1) is 14.6. The van der Waals surface area contributed by atoms with Gasteiger partial charge in [-0.05, 0) is 31.4 Å². The van der Waals surface area contributed by atoms with E-state index in [0.29, 0.717) is 0 Å². The molecule has 0 aliphatic carbocycles. The van der Waals surface area contributed by atoms with Crippen LogP contribution in [0.3, 0.4) is 0 Å². The first-order chi connectivity index (χ1) is 8.61. The molecule has 0 radical (unpaired) electrons. The number of rotatable bonds is 7. The van der Waals surface area contributed by atoms with Crippen LogP contribution in [0, 0.1) is 5.92 Å². The van der Waals surface area contributed by atoms with Crippen molar-refractivity contribution in [1.29, 1.82) is 0 Å². The Hall–Kier alpha value is -1.50. The smallest absolute Gasteiger partial charge is 0.0381 e. The molecule has 0 bridgehead atoms. The van der Waals surface area contributed by atoms with E-state index in [0.717, 1.165) is 23.7 Å². The molecular weight excluding hydrogens is 218 g/mol. The maximum absolute atomic E-state index is 4.07. The van der Waals surface area contributed by atoms with Crippen LogP contribution in [0.1, 0.15) is 40.0 Å². The van der Waals surface area contributed by atoms with Gasteiger partial charge in [0.1, 0.15) is 0 Å². The Morgan fingerprint density at radius 3 is 2.61 bits per heavy atom. The fourth-order valence-electron chi connectivity index (χ4n) is 1.85. The number of hydrogen-bond donors (Lipinski definition) is 1. The van der Waals surface area contributed by atoms with Crippen molar-refractivity contribution in [2.24, 2.45) is 5.92 Å². The topological polar surface area (TPSA) is 12.0 Å². The zero-order valence-electron chi connectivity index (χ0n) is 11.9. The first-order valence-electron chi connectivity index (χ1n) is 6.77. The van der Waals surface area contributed by atoms with E-state index in [1.807, 2.05) is 18.2 Å². The summed E-state index contributed by atoms with van der Waals surface area (Å²) in [7, 11) is 0. The molecule has 0 fully saturated rings. The summed E-state index contributed by atoms with van der Waals surface area (Å²) in [5, 5.41) is 3.33. The average Bonchev–Trinajstić information content (AvgIpc) is 2.37. The van der Waals surface area contributed by atoms with Gasteiger partial charge in [-0.3, -0.25) is 0 Å². The van der Waals surface area contributed by atoms with Gasteiger partial charge in [0, 0.05) is 17.8 Å². The molecule has 0 saturated carbocycles. The third-order valence-electron chi connectivity index (χ3n) is 3.16. The molecule has 1 unspecified atom stereocenters. The Morgan fingerprint density at radius 2 is 2.00 bits per heavy atom. The molecule has 1 atom stereocenters. The third-order valence-corrected chi connectivity index (χ3v) is 3.16. The molecule has 1 aromatic rings. The highest BCUT2D eigenvalue weighted by Gasteiger charge is 2.00. The van der Waals surface area contributed by atoms with Crippen LogP contribution in [0.15, 0.2) is 54.3 Å². The van der Waals surface area contributed by atoms with Crippen molar-refractivity contribution in [3.8, 4) is 0 Å². The molecule has 1 heteroatoms. The van der Waals surface area contributed by atoms with Crippen molar-refractivity contribution >= 4 is 5.69 Å². The summed E-state index contributed by atoms with van der Waals surface area (Å²) < 4.78 is 0. The average molecular weight is 243 g/mol. The van der Waals surface area contributed by atoms with Gasteiger partial charge in [-0.1, -0.05) is 56.7 Å². The Labute approximate surface area is 112 Å². The summed E-state index contributed by atoms with van der Waals surface area (Å²) in [6.07, 6.45) is 5.62. The summed E-state index contributed by atoms with van der Waals surface area (Å²) >= 11 is 0. The van der Waals surface area contributed by atoms with E-state index < -0.39 is 0 Å². The molecule has 1 rings (SSSR count). The number of nitrogens with one attached hydrogen (secondary N) is 1. The summed E-state index contributed by atoms with van der Waals surface area (Å²) in [6.45, 7) is 10.8. The summed E-state index contributed by atoms with van der Waals surface area (Å²) in [4.78, 5) is 0. The van der Waals surface area contributed by atoms with Crippen LogP contribution in [-0.2, 0) is 0 Å². The molecule has 0 saturated heterocycles. The third kappa shape index (κ3) is 5.72. The summed E-state index contributed by atoms with van der Waals surface area (Å²) in [5.41, 5.74) is 3.61. The van der Waals surface area contributed by atoms with Crippen LogP contribution < -0.4 is 5.32 Å². The second-order valence-electron chi connectivity index (χ2n) is 5.07. The van der Waals surface area contributed by atoms with E-state index in [1.165, 1.54) is 18.4 Å². The molecule has 0 spiro atoms. The molecule has 0 aliphatic heterocycles. The molecule has 1 nitrogen and oxygen atoms in total. The fourth-order valence-corrected chi connectivity index (χ4v) is 1.85. The van der Waals surface area contributed by atoms with Gasteiger partial charge in [0.15, 0.2) is 0 Å². The molecule has 1 N–H and O–H groups in total. The Kier molecular flexibility index (Phi) is 6.27. The maximum atomic E-state index is 4.07. The van der Waals surface area contributed by atoms with E-state index in [-0.39, 0.29) is 0 Å². The predicted molar refractivity (Wildman–Crippen MR) is 81.7 cm³/mol. The number of para-hydroxylation sites is 1. The Balaban J connectivity index is 2.39. The molecule has 98 valence electrons. The molecule has 0 aromatic heterocycles. The minimum Gasteiger partial charge on any atom is -0.359 e. The Morgan fingerprint density at radius 1 is 1.33 bits per heavy atom. The highest BCUT2D eigenvalue weighted by atomic mass is 14.9. The molecule has 0 amide bonds. The lowest BCUT2D eigenvalue weighted by molar-refractivity contribution is 0.556. The lowest BCUT2D eigenvalue weighted by Crippen LogP contribution is -1.97. The quantitative estimate of drug-likeness (QED) is 0.633. The van der Waals surface area contributed by atoms with Crippen molar-refractivity contribution in [2.75, 3.05) is 5.32 Å². The highest BCUT2D eigenvalue weighted by molar-refractivity contribution is 5.47. The lowest BCUT2D eigenvalue weighted by Gasteiger charge is -2.10. The van der Waals surface area contributed by atoms with Crippen molar-refractivity contribution in [2.45, 2.75) is 40.0 Å². The maximum Gasteiger partial charge on any atom is 0.0381 e. The van der Waals surface area contributed by atoms with Crippen LogP contribution in [0.5, 0.6) is 0 Å². The highest BCUT2D eigenvalue weighted by Crippen LogP contribution is 2.16. The second-order valence-corrected chi connectivity index (χ2v) is 5.07. The lowest BCUT2D eigenvalue weighted by atomic mass is 9.99. The molecule has 1 aromatic carbocycles. The van der Waals surface area contributed by atoms with E-state index >= 15 is 0 Å². The first-order valence-corrected chi connectivity index (χ1v) is 6.77. The van der Waals surface area contributed by atoms with E-state index in [4.69, 9.17) is 0 Å². The van der Waals surface area contributed by atoms with Gasteiger partial charge in [0.05, 0.1) is 0 Å². The molecule has 18 heavy (non-hydrogen) atoms. The monoisotopic (exact) mass is 243 g/mol. The normalized spacial score (nSPS) is 13.2. The Bertz CT molecular complexity index is 389. The van der Waals surface area contributed by atoms with Crippen LogP contribution in [0.4, 0.5) is 5.69 Å². The van der Waals surface area contributed by atoms with Gasteiger partial charge in [-0.2, -0.15) is 0 Å². The van der Waals surface area contributed by atoms with Crippen LogP contribution in [-0.4, -0.2) is 0 Å². The van der Waals surface area contributed by atoms with Gasteiger partial charge >= 0.3 is 0 Å². The van der Waals surface area contributed by atoms with Crippen molar-refractivity contribution in [3.05, 3.63) is 54.3 Å². The largest absolute Gasteiger partial charge is 0.359 e. The van der Waals surface area contributed by atoms with Gasteiger partial charge in [-0.15, -0.1) is 0 Å². The van der Waals surface area contributed by atoms with Crippen LogP contribution in [0.2, 0.25) is 0 Å². The minimum atomic E-state index is 0.775. The predicted octanol–water partition coefficient (Wildman–Crippen LogP) is 5.38. The fraction of sp³-hybridized carbons (Fsp3) is 0.412. The van der Waals surface area contributed by atoms with Crippen molar-refractivity contribution in [3.63, 3.8) is 0 Å². The van der Waals surface area contributed by atoms with Crippen molar-refractivity contribution < 1.29 is 0 Å². The number of hydrogen-bond acceptors (Lipinski definition) is 1. The second kappa shape index (κ2) is 7.75. The van der Waals surface area contributed by atoms with Gasteiger partial charge in [-0.25, -0.2) is 0 Å². The SMILES string of the molecule is C=C(C/C=C(/C)CC(C)CC)Nc1ccccc1. The van der Waals surface area contributed by atoms with E-state index in [2.05, 4.69) is 50.9 Å². The van der Waals surface area contributed by atoms with E-state index in [1.54, 1.807) is 0 Å². The summed E-state index contributed by atoms with van der Waals surface area (Å²) in [5.74, 6) is 0.775. The molecule has 0 aliphatic rings. The zero-order valence-corrected chi connectivity index (χ0v) is 11.9. The molecule has 0 heterocycles. The van der Waals surface area contributed by atoms with Crippen LogP contribution >= 0.6 is 0 Å².